The fraction of sp³-hybridized carbons (Fsp3) is 0.0857. The molecule has 204 valence electrons. The monoisotopic (exact) mass is 651 g/mol. The summed E-state index contributed by atoms with van der Waals surface area (Å²) in [5.41, 5.74) is 10.5. The third-order valence-corrected chi connectivity index (χ3v) is 7.39. The van der Waals surface area contributed by atoms with E-state index < -0.39 is 0 Å². The first kappa shape index (κ1) is 28.1. The molecule has 0 radical (unpaired) electrons. The lowest BCUT2D eigenvalue weighted by Gasteiger charge is -2.13. The summed E-state index contributed by atoms with van der Waals surface area (Å²) in [6.45, 7) is 6.43. The van der Waals surface area contributed by atoms with E-state index in [9.17, 15) is 4.79 Å². The molecule has 1 heterocycles. The summed E-state index contributed by atoms with van der Waals surface area (Å²) in [5.74, 6) is 0.530. The number of aryl methyl sites for hydroxylation is 1. The Balaban J connectivity index is 1.23. The second-order valence-corrected chi connectivity index (χ2v) is 10.8. The van der Waals surface area contributed by atoms with Crippen LogP contribution in [0.2, 0.25) is 0 Å². The van der Waals surface area contributed by atoms with E-state index in [2.05, 4.69) is 99.7 Å². The molecule has 1 amide bonds. The molecule has 4 aromatic carbocycles. The van der Waals surface area contributed by atoms with Crippen molar-refractivity contribution in [2.75, 3.05) is 0 Å². The van der Waals surface area contributed by atoms with Crippen LogP contribution in [0.4, 0.5) is 0 Å². The minimum atomic E-state index is -0.274. The van der Waals surface area contributed by atoms with Gasteiger partial charge in [0.1, 0.15) is 12.4 Å². The molecule has 5 aromatic rings. The van der Waals surface area contributed by atoms with Crippen LogP contribution in [0.3, 0.4) is 0 Å². The third kappa shape index (κ3) is 7.02. The molecule has 41 heavy (non-hydrogen) atoms. The number of amides is 1. The van der Waals surface area contributed by atoms with Gasteiger partial charge < -0.3 is 9.30 Å². The lowest BCUT2D eigenvalue weighted by molar-refractivity contribution is 0.0955. The third-order valence-electron chi connectivity index (χ3n) is 6.67. The maximum Gasteiger partial charge on any atom is 0.271 e. The van der Waals surface area contributed by atoms with Crippen LogP contribution in [0.1, 0.15) is 32.7 Å². The first-order chi connectivity index (χ1) is 20.0. The van der Waals surface area contributed by atoms with Gasteiger partial charge in [-0.05, 0) is 125 Å². The molecular formula is C35H30IN3O2. The van der Waals surface area contributed by atoms with Crippen molar-refractivity contribution in [2.45, 2.75) is 20.0 Å². The summed E-state index contributed by atoms with van der Waals surface area (Å²) >= 11 is 2.29. The van der Waals surface area contributed by atoms with Crippen LogP contribution >= 0.6 is 22.6 Å². The molecule has 0 aliphatic rings. The fourth-order valence-corrected chi connectivity index (χ4v) is 4.94. The van der Waals surface area contributed by atoms with E-state index in [1.807, 2.05) is 66.7 Å². The molecule has 0 saturated carbocycles. The van der Waals surface area contributed by atoms with Crippen molar-refractivity contribution in [1.29, 1.82) is 0 Å². The van der Waals surface area contributed by atoms with E-state index in [1.54, 1.807) is 6.21 Å². The number of carbonyl (C=O) groups excluding carboxylic acids is 1. The molecular weight excluding hydrogens is 621 g/mol. The van der Waals surface area contributed by atoms with Gasteiger partial charge in [-0.25, -0.2) is 5.43 Å². The zero-order chi connectivity index (χ0) is 28.6. The van der Waals surface area contributed by atoms with Crippen LogP contribution in [-0.2, 0) is 13.0 Å². The van der Waals surface area contributed by atoms with Gasteiger partial charge in [0.25, 0.3) is 5.91 Å². The van der Waals surface area contributed by atoms with Gasteiger partial charge in [0.2, 0.25) is 0 Å². The molecule has 5 rings (SSSR count). The molecule has 0 aliphatic heterocycles. The zero-order valence-electron chi connectivity index (χ0n) is 22.8. The van der Waals surface area contributed by atoms with Gasteiger partial charge in [-0.2, -0.15) is 5.10 Å². The highest BCUT2D eigenvalue weighted by atomic mass is 127. The molecule has 0 saturated heterocycles. The lowest BCUT2D eigenvalue weighted by Crippen LogP contribution is -2.17. The highest BCUT2D eigenvalue weighted by Gasteiger charge is 2.11. The SMILES string of the molecule is C=CCc1cc(/C=N/NC(=O)c2ccc(-n3c(C)ccc3-c3ccccc3)cc2)ccc1OCc1ccc(I)cc1. The van der Waals surface area contributed by atoms with Gasteiger partial charge in [-0.15, -0.1) is 6.58 Å². The Morgan fingerprint density at radius 1 is 0.951 bits per heavy atom. The van der Waals surface area contributed by atoms with Crippen LogP contribution < -0.4 is 10.2 Å². The predicted octanol–water partition coefficient (Wildman–Crippen LogP) is 8.13. The van der Waals surface area contributed by atoms with E-state index in [1.165, 1.54) is 3.57 Å². The Hall–Kier alpha value is -4.43. The second kappa shape index (κ2) is 13.3. The number of rotatable bonds is 10. The maximum absolute atomic E-state index is 12.8. The van der Waals surface area contributed by atoms with Gasteiger partial charge >= 0.3 is 0 Å². The Bertz CT molecular complexity index is 1670. The van der Waals surface area contributed by atoms with Crippen molar-refractivity contribution in [3.05, 3.63) is 153 Å². The molecule has 0 bridgehead atoms. The van der Waals surface area contributed by atoms with E-state index in [0.717, 1.165) is 45.1 Å². The highest BCUT2D eigenvalue weighted by Crippen LogP contribution is 2.27. The maximum atomic E-state index is 12.8. The number of allylic oxidation sites excluding steroid dienone is 1. The number of nitrogens with one attached hydrogen (secondary N) is 1. The minimum absolute atomic E-state index is 0.274. The van der Waals surface area contributed by atoms with Gasteiger partial charge in [0.15, 0.2) is 0 Å². The molecule has 0 atom stereocenters. The number of hydrazone groups is 1. The van der Waals surface area contributed by atoms with E-state index in [0.29, 0.717) is 18.6 Å². The number of benzene rings is 4. The average molecular weight is 652 g/mol. The van der Waals surface area contributed by atoms with Crippen molar-refractivity contribution < 1.29 is 9.53 Å². The second-order valence-electron chi connectivity index (χ2n) is 9.58. The summed E-state index contributed by atoms with van der Waals surface area (Å²) < 4.78 is 9.46. The van der Waals surface area contributed by atoms with Crippen molar-refractivity contribution in [3.8, 4) is 22.7 Å². The normalized spacial score (nSPS) is 11.0. The summed E-state index contributed by atoms with van der Waals surface area (Å²) in [4.78, 5) is 12.8. The molecule has 0 fully saturated rings. The zero-order valence-corrected chi connectivity index (χ0v) is 24.9. The number of hydrogen-bond donors (Lipinski definition) is 1. The Kier molecular flexibility index (Phi) is 9.11. The van der Waals surface area contributed by atoms with Crippen molar-refractivity contribution in [2.24, 2.45) is 5.10 Å². The van der Waals surface area contributed by atoms with Gasteiger partial charge in [-0.1, -0.05) is 48.5 Å². The van der Waals surface area contributed by atoms with Crippen LogP contribution in [0.5, 0.6) is 5.75 Å². The Morgan fingerprint density at radius 3 is 2.44 bits per heavy atom. The van der Waals surface area contributed by atoms with Gasteiger partial charge in [-0.3, -0.25) is 4.79 Å². The molecule has 0 spiro atoms. The van der Waals surface area contributed by atoms with Crippen LogP contribution in [0.25, 0.3) is 16.9 Å². The molecule has 1 aromatic heterocycles. The van der Waals surface area contributed by atoms with Crippen molar-refractivity contribution >= 4 is 34.7 Å². The summed E-state index contributed by atoms with van der Waals surface area (Å²) in [7, 11) is 0. The van der Waals surface area contributed by atoms with Gasteiger partial charge in [0, 0.05) is 20.5 Å². The number of ether oxygens (including phenoxy) is 1. The largest absolute Gasteiger partial charge is 0.489 e. The molecule has 6 heteroatoms. The number of hydrogen-bond acceptors (Lipinski definition) is 3. The first-order valence-electron chi connectivity index (χ1n) is 13.3. The number of carbonyl (C=O) groups is 1. The average Bonchev–Trinajstić information content (AvgIpc) is 3.39. The summed E-state index contributed by atoms with van der Waals surface area (Å²) in [6.07, 6.45) is 4.14. The quantitative estimate of drug-likeness (QED) is 0.0718. The van der Waals surface area contributed by atoms with E-state index in [-0.39, 0.29) is 5.91 Å². The molecule has 5 nitrogen and oxygen atoms in total. The summed E-state index contributed by atoms with van der Waals surface area (Å²) in [5, 5.41) is 4.19. The van der Waals surface area contributed by atoms with Crippen LogP contribution in [0, 0.1) is 10.5 Å². The van der Waals surface area contributed by atoms with E-state index >= 15 is 0 Å². The Labute approximate surface area is 254 Å². The van der Waals surface area contributed by atoms with E-state index in [4.69, 9.17) is 4.74 Å². The van der Waals surface area contributed by atoms with Crippen LogP contribution in [-0.4, -0.2) is 16.7 Å². The number of nitrogens with zero attached hydrogens (tertiary/aromatic N) is 2. The van der Waals surface area contributed by atoms with Crippen LogP contribution in [0.15, 0.2) is 127 Å². The number of halogens is 1. The minimum Gasteiger partial charge on any atom is -0.489 e. The molecule has 0 aliphatic carbocycles. The highest BCUT2D eigenvalue weighted by molar-refractivity contribution is 14.1. The lowest BCUT2D eigenvalue weighted by atomic mass is 10.1. The van der Waals surface area contributed by atoms with Crippen molar-refractivity contribution in [1.82, 2.24) is 9.99 Å². The predicted molar refractivity (Wildman–Crippen MR) is 175 cm³/mol. The molecule has 1 N–H and O–H groups in total. The fourth-order valence-electron chi connectivity index (χ4n) is 4.58. The smallest absolute Gasteiger partial charge is 0.271 e. The number of aromatic nitrogens is 1. The first-order valence-corrected chi connectivity index (χ1v) is 14.4. The standard InChI is InChI=1S/C35H30IN3O2/c1-3-7-30-22-27(13-21-34(30)41-24-26-11-16-31(36)17-12-26)23-37-38-35(40)29-14-18-32(19-15-29)39-25(2)10-20-33(39)28-8-5-4-6-9-28/h3-6,8-23H,1,7,24H2,2H3,(H,38,40)/b37-23+. The topological polar surface area (TPSA) is 55.6 Å². The van der Waals surface area contributed by atoms with Crippen molar-refractivity contribution in [3.63, 3.8) is 0 Å². The molecule has 0 unspecified atom stereocenters. The van der Waals surface area contributed by atoms with Gasteiger partial charge in [0.05, 0.1) is 11.9 Å². The Morgan fingerprint density at radius 2 is 1.71 bits per heavy atom. The summed E-state index contributed by atoms with van der Waals surface area (Å²) in [6, 6.07) is 36.1.